The van der Waals surface area contributed by atoms with E-state index in [-0.39, 0.29) is 12.2 Å². The van der Waals surface area contributed by atoms with Crippen LogP contribution in [-0.2, 0) is 16.1 Å². The number of allylic oxidation sites excluding steroid dienone is 1. The van der Waals surface area contributed by atoms with E-state index in [4.69, 9.17) is 21.1 Å². The molecule has 0 unspecified atom stereocenters. The van der Waals surface area contributed by atoms with Crippen molar-refractivity contribution in [2.24, 2.45) is 4.99 Å². The molecular formula is C28H23ClN2O4S2. The lowest BCUT2D eigenvalue weighted by molar-refractivity contribution is -0.139. The van der Waals surface area contributed by atoms with Gasteiger partial charge in [0.2, 0.25) is 0 Å². The van der Waals surface area contributed by atoms with E-state index in [1.807, 2.05) is 72.1 Å². The van der Waals surface area contributed by atoms with Gasteiger partial charge in [-0.05, 0) is 66.8 Å². The van der Waals surface area contributed by atoms with E-state index >= 15 is 0 Å². The van der Waals surface area contributed by atoms with Crippen molar-refractivity contribution < 1.29 is 14.3 Å². The van der Waals surface area contributed by atoms with Crippen molar-refractivity contribution in [3.05, 3.63) is 118 Å². The zero-order chi connectivity index (χ0) is 25.9. The maximum atomic E-state index is 13.6. The minimum atomic E-state index is -0.570. The predicted octanol–water partition coefficient (Wildman–Crippen LogP) is 5.09. The smallest absolute Gasteiger partial charge is 0.338 e. The summed E-state index contributed by atoms with van der Waals surface area (Å²) in [7, 11) is 0. The number of nitrogens with zero attached hydrogens (tertiary/aromatic N) is 2. The van der Waals surface area contributed by atoms with Crippen LogP contribution in [0.15, 0.2) is 87.1 Å². The Labute approximate surface area is 226 Å². The van der Waals surface area contributed by atoms with Gasteiger partial charge in [0.1, 0.15) is 18.4 Å². The van der Waals surface area contributed by atoms with E-state index in [1.165, 1.54) is 22.7 Å². The normalized spacial score (nSPS) is 15.3. The molecular weight excluding hydrogens is 528 g/mol. The molecule has 2 aromatic heterocycles. The first kappa shape index (κ1) is 25.2. The van der Waals surface area contributed by atoms with Crippen LogP contribution < -0.4 is 19.6 Å². The van der Waals surface area contributed by atoms with E-state index in [0.717, 1.165) is 16.0 Å². The number of thiazole rings is 1. The highest BCUT2D eigenvalue weighted by molar-refractivity contribution is 7.10. The van der Waals surface area contributed by atoms with Crippen LogP contribution in [0.25, 0.3) is 6.08 Å². The molecule has 1 atom stereocenters. The van der Waals surface area contributed by atoms with Gasteiger partial charge >= 0.3 is 5.97 Å². The number of rotatable bonds is 7. The number of fused-ring (bicyclic) bond motifs is 1. The van der Waals surface area contributed by atoms with Crippen LogP contribution in [-0.4, -0.2) is 17.1 Å². The van der Waals surface area contributed by atoms with Gasteiger partial charge in [-0.3, -0.25) is 9.36 Å². The molecule has 0 saturated heterocycles. The van der Waals surface area contributed by atoms with Crippen molar-refractivity contribution in [1.29, 1.82) is 0 Å². The third kappa shape index (κ3) is 5.32. The van der Waals surface area contributed by atoms with E-state index in [1.54, 1.807) is 18.4 Å². The van der Waals surface area contributed by atoms with Crippen molar-refractivity contribution in [3.8, 4) is 5.75 Å². The molecule has 0 amide bonds. The van der Waals surface area contributed by atoms with Gasteiger partial charge in [0.15, 0.2) is 4.80 Å². The number of hydrogen-bond donors (Lipinski definition) is 0. The number of halogens is 1. The number of ether oxygens (including phenoxy) is 2. The molecule has 0 bridgehead atoms. The molecule has 2 aromatic carbocycles. The Bertz CT molecular complexity index is 1650. The van der Waals surface area contributed by atoms with E-state index in [9.17, 15) is 9.59 Å². The lowest BCUT2D eigenvalue weighted by atomic mass is 10.0. The molecule has 0 radical (unpaired) electrons. The second-order valence-corrected chi connectivity index (χ2v) is 10.7. The number of carbonyl (C=O) groups excluding carboxylic acids is 1. The van der Waals surface area contributed by atoms with Crippen molar-refractivity contribution >= 4 is 46.3 Å². The Hall–Kier alpha value is -3.46. The molecule has 9 heteroatoms. The van der Waals surface area contributed by atoms with Gasteiger partial charge in [0, 0.05) is 9.90 Å². The lowest BCUT2D eigenvalue weighted by Crippen LogP contribution is -2.39. The topological polar surface area (TPSA) is 69.9 Å². The van der Waals surface area contributed by atoms with E-state index in [2.05, 4.69) is 4.99 Å². The zero-order valence-corrected chi connectivity index (χ0v) is 22.5. The Morgan fingerprint density at radius 1 is 1.16 bits per heavy atom. The third-order valence-electron chi connectivity index (χ3n) is 5.80. The van der Waals surface area contributed by atoms with Crippen LogP contribution in [0.5, 0.6) is 5.75 Å². The highest BCUT2D eigenvalue weighted by Crippen LogP contribution is 2.33. The van der Waals surface area contributed by atoms with Crippen molar-refractivity contribution in [2.75, 3.05) is 6.61 Å². The summed E-state index contributed by atoms with van der Waals surface area (Å²) >= 11 is 8.84. The highest BCUT2D eigenvalue weighted by Gasteiger charge is 2.33. The summed E-state index contributed by atoms with van der Waals surface area (Å²) in [6, 6.07) is 18.3. The van der Waals surface area contributed by atoms with Crippen molar-refractivity contribution in [3.63, 3.8) is 0 Å². The number of thiophene rings is 1. The standard InChI is InChI=1S/C28H23ClN2O4S2/c1-3-34-27(33)24-17(2)30-28-31(25(24)22-8-5-13-36-22)26(32)23(37-28)15-18-9-11-21(12-10-18)35-16-19-6-4-7-20(29)14-19/h4-15,25H,3,16H2,1-2H3/b23-15-/t25-/m0/s1. The molecule has 0 spiro atoms. The summed E-state index contributed by atoms with van der Waals surface area (Å²) in [4.78, 5) is 32.5. The Kier molecular flexibility index (Phi) is 7.41. The molecule has 0 N–H and O–H groups in total. The molecule has 6 nitrogen and oxygen atoms in total. The first-order valence-corrected chi connectivity index (χ1v) is 13.7. The Morgan fingerprint density at radius 3 is 2.68 bits per heavy atom. The first-order valence-electron chi connectivity index (χ1n) is 11.6. The first-order chi connectivity index (χ1) is 17.9. The number of esters is 1. The highest BCUT2D eigenvalue weighted by atomic mass is 35.5. The van der Waals surface area contributed by atoms with Crippen LogP contribution in [0.3, 0.4) is 0 Å². The number of carbonyl (C=O) groups is 1. The molecule has 5 rings (SSSR count). The third-order valence-corrected chi connectivity index (χ3v) is 7.94. The quantitative estimate of drug-likeness (QED) is 0.300. The zero-order valence-electron chi connectivity index (χ0n) is 20.1. The molecule has 0 saturated carbocycles. The second-order valence-electron chi connectivity index (χ2n) is 8.31. The van der Waals surface area contributed by atoms with Gasteiger partial charge in [0.25, 0.3) is 5.56 Å². The summed E-state index contributed by atoms with van der Waals surface area (Å²) < 4.78 is 13.3. The van der Waals surface area contributed by atoms with Crippen LogP contribution in [0.4, 0.5) is 0 Å². The fourth-order valence-electron chi connectivity index (χ4n) is 4.11. The largest absolute Gasteiger partial charge is 0.489 e. The molecule has 4 aromatic rings. The van der Waals surface area contributed by atoms with Gasteiger partial charge in [0.05, 0.1) is 22.4 Å². The summed E-state index contributed by atoms with van der Waals surface area (Å²) in [5, 5.41) is 2.60. The van der Waals surface area contributed by atoms with Crippen LogP contribution in [0.2, 0.25) is 5.02 Å². The summed E-state index contributed by atoms with van der Waals surface area (Å²) in [5.41, 5.74) is 2.60. The summed E-state index contributed by atoms with van der Waals surface area (Å²) in [6.45, 7) is 4.20. The Balaban J connectivity index is 1.46. The fourth-order valence-corrected chi connectivity index (χ4v) is 6.20. The minimum absolute atomic E-state index is 0.197. The maximum absolute atomic E-state index is 13.6. The van der Waals surface area contributed by atoms with Crippen LogP contribution >= 0.6 is 34.3 Å². The molecule has 3 heterocycles. The summed E-state index contributed by atoms with van der Waals surface area (Å²) in [6.07, 6.45) is 1.83. The molecule has 0 aliphatic carbocycles. The molecule has 188 valence electrons. The fraction of sp³-hybridized carbons (Fsp3) is 0.179. The number of benzene rings is 2. The molecule has 0 fully saturated rings. The van der Waals surface area contributed by atoms with Gasteiger partial charge in [-0.2, -0.15) is 0 Å². The second kappa shape index (κ2) is 10.9. The predicted molar refractivity (Wildman–Crippen MR) is 147 cm³/mol. The van der Waals surface area contributed by atoms with Crippen LogP contribution in [0.1, 0.15) is 35.9 Å². The van der Waals surface area contributed by atoms with Crippen molar-refractivity contribution in [1.82, 2.24) is 4.57 Å². The van der Waals surface area contributed by atoms with Gasteiger partial charge in [-0.15, -0.1) is 11.3 Å². The minimum Gasteiger partial charge on any atom is -0.489 e. The summed E-state index contributed by atoms with van der Waals surface area (Å²) in [5.74, 6) is 0.260. The average Bonchev–Trinajstić information content (AvgIpc) is 3.52. The maximum Gasteiger partial charge on any atom is 0.338 e. The lowest BCUT2D eigenvalue weighted by Gasteiger charge is -2.23. The monoisotopic (exact) mass is 550 g/mol. The van der Waals surface area contributed by atoms with Crippen LogP contribution in [0, 0.1) is 0 Å². The van der Waals surface area contributed by atoms with Gasteiger partial charge in [-0.1, -0.05) is 53.3 Å². The molecule has 1 aliphatic rings. The number of hydrogen-bond acceptors (Lipinski definition) is 7. The SMILES string of the molecule is CCOC(=O)C1=C(C)N=c2s/c(=C\c3ccc(OCc4cccc(Cl)c4)cc3)c(=O)n2[C@H]1c1cccs1. The molecule has 1 aliphatic heterocycles. The van der Waals surface area contributed by atoms with Gasteiger partial charge < -0.3 is 9.47 Å². The number of aromatic nitrogens is 1. The van der Waals surface area contributed by atoms with Gasteiger partial charge in [-0.25, -0.2) is 9.79 Å². The molecule has 37 heavy (non-hydrogen) atoms. The average molecular weight is 551 g/mol. The Morgan fingerprint density at radius 2 is 1.97 bits per heavy atom. The van der Waals surface area contributed by atoms with Crippen molar-refractivity contribution in [2.45, 2.75) is 26.5 Å². The van der Waals surface area contributed by atoms with E-state index in [0.29, 0.717) is 38.0 Å². The van der Waals surface area contributed by atoms with E-state index < -0.39 is 12.0 Å².